The van der Waals surface area contributed by atoms with Gasteiger partial charge in [-0.1, -0.05) is 42.5 Å². The minimum Gasteiger partial charge on any atom is -0.464 e. The van der Waals surface area contributed by atoms with Crippen molar-refractivity contribution in [3.05, 3.63) is 48.0 Å². The third-order valence-corrected chi connectivity index (χ3v) is 6.36. The monoisotopic (exact) mass is 460 g/mol. The SMILES string of the molecule is CC(C)OC(=O)CCC/C=C\C[C@@H]1[C@@H](CC[C@@H](O)CCc2ccccc2)[C@H](O)C[C@H]1OC=O. The molecule has 1 saturated carbocycles. The Kier molecular flexibility index (Phi) is 12.2. The van der Waals surface area contributed by atoms with Crippen LogP contribution in [0, 0.1) is 11.8 Å². The van der Waals surface area contributed by atoms with E-state index in [4.69, 9.17) is 9.47 Å². The molecule has 0 spiro atoms. The van der Waals surface area contributed by atoms with E-state index in [0.29, 0.717) is 45.0 Å². The summed E-state index contributed by atoms with van der Waals surface area (Å²) >= 11 is 0. The maximum Gasteiger partial charge on any atom is 0.306 e. The zero-order valence-electron chi connectivity index (χ0n) is 20.0. The second kappa shape index (κ2) is 14.9. The summed E-state index contributed by atoms with van der Waals surface area (Å²) in [5.41, 5.74) is 1.21. The summed E-state index contributed by atoms with van der Waals surface area (Å²) in [5, 5.41) is 21.1. The summed E-state index contributed by atoms with van der Waals surface area (Å²) in [7, 11) is 0. The van der Waals surface area contributed by atoms with Crippen molar-refractivity contribution in [2.75, 3.05) is 0 Å². The van der Waals surface area contributed by atoms with Crippen LogP contribution in [0.3, 0.4) is 0 Å². The Hall–Kier alpha value is -2.18. The molecule has 0 amide bonds. The van der Waals surface area contributed by atoms with E-state index in [9.17, 15) is 19.8 Å². The Morgan fingerprint density at radius 2 is 1.91 bits per heavy atom. The fourth-order valence-electron chi connectivity index (χ4n) is 4.67. The zero-order valence-corrected chi connectivity index (χ0v) is 20.0. The van der Waals surface area contributed by atoms with Gasteiger partial charge in [-0.2, -0.15) is 0 Å². The molecule has 1 aliphatic rings. The number of hydrogen-bond donors (Lipinski definition) is 2. The van der Waals surface area contributed by atoms with Gasteiger partial charge in [0.2, 0.25) is 0 Å². The van der Waals surface area contributed by atoms with Gasteiger partial charge in [-0.25, -0.2) is 0 Å². The van der Waals surface area contributed by atoms with Crippen molar-refractivity contribution in [1.29, 1.82) is 0 Å². The van der Waals surface area contributed by atoms with E-state index in [1.807, 2.05) is 38.1 Å². The van der Waals surface area contributed by atoms with Crippen LogP contribution in [0.1, 0.15) is 70.8 Å². The van der Waals surface area contributed by atoms with Crippen molar-refractivity contribution in [2.24, 2.45) is 11.8 Å². The van der Waals surface area contributed by atoms with Gasteiger partial charge < -0.3 is 19.7 Å². The Morgan fingerprint density at radius 1 is 1.15 bits per heavy atom. The summed E-state index contributed by atoms with van der Waals surface area (Å²) in [6.45, 7) is 4.14. The Morgan fingerprint density at radius 3 is 2.61 bits per heavy atom. The fraction of sp³-hybridized carbons (Fsp3) is 0.630. The number of ether oxygens (including phenoxy) is 2. The lowest BCUT2D eigenvalue weighted by molar-refractivity contribution is -0.147. The molecular weight excluding hydrogens is 420 g/mol. The van der Waals surface area contributed by atoms with Gasteiger partial charge in [0.25, 0.3) is 6.47 Å². The van der Waals surface area contributed by atoms with Gasteiger partial charge >= 0.3 is 5.97 Å². The van der Waals surface area contributed by atoms with Crippen molar-refractivity contribution in [3.63, 3.8) is 0 Å². The standard InChI is InChI=1S/C27H40O6/c1-20(2)33-27(31)13-9-4-3-8-12-24-23(25(30)18-26(24)32-19-28)17-16-22(29)15-14-21-10-6-5-7-11-21/h3,5-8,10-11,19-20,22-26,29-30H,4,9,12-18H2,1-2H3/b8-3-/t22-,23+,24+,25+,26+/m0/s1. The second-order valence-electron chi connectivity index (χ2n) is 9.29. The number of aliphatic hydroxyl groups excluding tert-OH is 2. The number of aliphatic hydroxyl groups is 2. The number of unbranched alkanes of at least 4 members (excludes halogenated alkanes) is 1. The van der Waals surface area contributed by atoms with Crippen LogP contribution in [0.25, 0.3) is 0 Å². The van der Waals surface area contributed by atoms with Gasteiger partial charge in [0.1, 0.15) is 6.10 Å². The van der Waals surface area contributed by atoms with Gasteiger partial charge in [-0.05, 0) is 70.3 Å². The number of allylic oxidation sites excluding steroid dienone is 2. The largest absolute Gasteiger partial charge is 0.464 e. The lowest BCUT2D eigenvalue weighted by atomic mass is 9.85. The molecule has 1 aliphatic carbocycles. The molecule has 0 aromatic heterocycles. The average Bonchev–Trinajstić information content (AvgIpc) is 3.07. The van der Waals surface area contributed by atoms with Crippen LogP contribution in [0.4, 0.5) is 0 Å². The van der Waals surface area contributed by atoms with E-state index in [2.05, 4.69) is 18.2 Å². The van der Waals surface area contributed by atoms with Crippen molar-refractivity contribution >= 4 is 12.4 Å². The van der Waals surface area contributed by atoms with E-state index < -0.39 is 12.2 Å². The third-order valence-electron chi connectivity index (χ3n) is 6.36. The van der Waals surface area contributed by atoms with Crippen LogP contribution >= 0.6 is 0 Å². The lowest BCUT2D eigenvalue weighted by Crippen LogP contribution is -2.24. The molecule has 6 nitrogen and oxygen atoms in total. The molecular formula is C27H40O6. The van der Waals surface area contributed by atoms with Crippen molar-refractivity contribution in [3.8, 4) is 0 Å². The molecule has 6 heteroatoms. The minimum atomic E-state index is -0.541. The molecule has 0 unspecified atom stereocenters. The smallest absolute Gasteiger partial charge is 0.306 e. The first-order chi connectivity index (χ1) is 15.9. The van der Waals surface area contributed by atoms with Crippen molar-refractivity contribution in [2.45, 2.75) is 96.1 Å². The predicted molar refractivity (Wildman–Crippen MR) is 127 cm³/mol. The molecule has 184 valence electrons. The Bertz CT molecular complexity index is 717. The first-order valence-electron chi connectivity index (χ1n) is 12.2. The van der Waals surface area contributed by atoms with Gasteiger partial charge in [0.15, 0.2) is 0 Å². The van der Waals surface area contributed by atoms with Crippen LogP contribution in [0.5, 0.6) is 0 Å². The summed E-state index contributed by atoms with van der Waals surface area (Å²) in [6.07, 6.45) is 8.54. The highest BCUT2D eigenvalue weighted by atomic mass is 16.5. The highest BCUT2D eigenvalue weighted by molar-refractivity contribution is 5.69. The van der Waals surface area contributed by atoms with Crippen LogP contribution < -0.4 is 0 Å². The number of rotatable bonds is 15. The van der Waals surface area contributed by atoms with E-state index in [-0.39, 0.29) is 30.0 Å². The number of hydrogen-bond acceptors (Lipinski definition) is 6. The lowest BCUT2D eigenvalue weighted by Gasteiger charge is -2.24. The molecule has 0 saturated heterocycles. The topological polar surface area (TPSA) is 93.1 Å². The van der Waals surface area contributed by atoms with E-state index >= 15 is 0 Å². The summed E-state index contributed by atoms with van der Waals surface area (Å²) < 4.78 is 10.4. The molecule has 0 bridgehead atoms. The molecule has 33 heavy (non-hydrogen) atoms. The fourth-order valence-corrected chi connectivity index (χ4v) is 4.67. The van der Waals surface area contributed by atoms with E-state index in [1.165, 1.54) is 5.56 Å². The molecule has 1 fully saturated rings. The quantitative estimate of drug-likeness (QED) is 0.175. The third kappa shape index (κ3) is 10.1. The molecule has 0 heterocycles. The minimum absolute atomic E-state index is 0.0213. The molecule has 5 atom stereocenters. The highest BCUT2D eigenvalue weighted by Gasteiger charge is 2.42. The van der Waals surface area contributed by atoms with Crippen LogP contribution in [0.2, 0.25) is 0 Å². The molecule has 2 rings (SSSR count). The second-order valence-corrected chi connectivity index (χ2v) is 9.29. The maximum atomic E-state index is 11.6. The van der Waals surface area contributed by atoms with Crippen molar-refractivity contribution < 1.29 is 29.3 Å². The van der Waals surface area contributed by atoms with E-state index in [0.717, 1.165) is 19.3 Å². The first-order valence-corrected chi connectivity index (χ1v) is 12.2. The van der Waals surface area contributed by atoms with Gasteiger partial charge in [0.05, 0.1) is 18.3 Å². The zero-order chi connectivity index (χ0) is 24.1. The van der Waals surface area contributed by atoms with Gasteiger partial charge in [-0.15, -0.1) is 0 Å². The summed E-state index contributed by atoms with van der Waals surface area (Å²) in [5.74, 6) is -0.177. The number of benzene rings is 1. The molecule has 2 N–H and O–H groups in total. The molecule has 1 aromatic carbocycles. The first kappa shape index (κ1) is 27.1. The normalized spacial score (nSPS) is 23.7. The number of carbonyl (C=O) groups excluding carboxylic acids is 2. The van der Waals surface area contributed by atoms with Crippen molar-refractivity contribution in [1.82, 2.24) is 0 Å². The van der Waals surface area contributed by atoms with E-state index in [1.54, 1.807) is 0 Å². The van der Waals surface area contributed by atoms with Gasteiger partial charge in [0, 0.05) is 18.8 Å². The summed E-state index contributed by atoms with van der Waals surface area (Å²) in [6, 6.07) is 10.1. The van der Waals surface area contributed by atoms with Gasteiger partial charge in [-0.3, -0.25) is 9.59 Å². The average molecular weight is 461 g/mol. The van der Waals surface area contributed by atoms with Crippen LogP contribution in [0.15, 0.2) is 42.5 Å². The maximum absolute atomic E-state index is 11.6. The predicted octanol–water partition coefficient (Wildman–Crippen LogP) is 4.37. The Labute approximate surface area is 198 Å². The summed E-state index contributed by atoms with van der Waals surface area (Å²) in [4.78, 5) is 22.6. The molecule has 1 aromatic rings. The number of carbonyl (C=O) groups is 2. The number of esters is 1. The highest BCUT2D eigenvalue weighted by Crippen LogP contribution is 2.40. The Balaban J connectivity index is 1.79. The molecule has 0 radical (unpaired) electrons. The van der Waals surface area contributed by atoms with Crippen LogP contribution in [-0.4, -0.2) is 47.1 Å². The number of aryl methyl sites for hydroxylation is 1. The molecule has 0 aliphatic heterocycles. The van der Waals surface area contributed by atoms with Crippen LogP contribution in [-0.2, 0) is 25.5 Å².